The van der Waals surface area contributed by atoms with E-state index in [-0.39, 0.29) is 131 Å². The van der Waals surface area contributed by atoms with Crippen molar-refractivity contribution in [2.75, 3.05) is 157 Å². The highest BCUT2D eigenvalue weighted by Crippen LogP contribution is 2.32. The number of amides is 8. The predicted octanol–water partition coefficient (Wildman–Crippen LogP) is 9.29. The van der Waals surface area contributed by atoms with Crippen LogP contribution in [0.1, 0.15) is 116 Å². The summed E-state index contributed by atoms with van der Waals surface area (Å²) in [6.45, 7) is 18.1. The highest BCUT2D eigenvalue weighted by atomic mass is 35.5. The summed E-state index contributed by atoms with van der Waals surface area (Å²) < 4.78 is 92.4. The fraction of sp³-hybridized carbons (Fsp3) is 0.483. The Labute approximate surface area is 739 Å². The lowest BCUT2D eigenvalue weighted by Crippen LogP contribution is -2.62. The molecule has 37 heteroatoms. The number of piperazine rings is 1. The van der Waals surface area contributed by atoms with Gasteiger partial charge in [0.2, 0.25) is 29.5 Å². The number of aromatic nitrogens is 8. The number of hydrogen-bond donors (Lipinski definition) is 6. The minimum atomic E-state index is -1.43. The molecule has 8 amide bonds. The summed E-state index contributed by atoms with van der Waals surface area (Å²) in [5.41, 5.74) is 6.41. The van der Waals surface area contributed by atoms with Crippen LogP contribution in [0.15, 0.2) is 128 Å². The molecule has 0 bridgehead atoms. The number of urea groups is 1. The fourth-order valence-electron chi connectivity index (χ4n) is 14.4. The van der Waals surface area contributed by atoms with Crippen LogP contribution in [0.4, 0.5) is 23.7 Å². The molecule has 2 atom stereocenters. The molecule has 32 nitrogen and oxygen atoms in total. The van der Waals surface area contributed by atoms with Crippen molar-refractivity contribution in [2.45, 2.75) is 129 Å². The molecule has 6 N–H and O–H groups in total. The van der Waals surface area contributed by atoms with Crippen LogP contribution in [0.2, 0.25) is 10.0 Å². The van der Waals surface area contributed by atoms with Gasteiger partial charge in [-0.05, 0) is 136 Å². The number of anilines is 1. The smallest absolute Gasteiger partial charge is 0.319 e. The van der Waals surface area contributed by atoms with E-state index < -0.39 is 47.1 Å². The largest absolute Gasteiger partial charge is 0.377 e. The second-order valence-corrected chi connectivity index (χ2v) is 32.2. The third kappa shape index (κ3) is 30.1. The Morgan fingerprint density at radius 2 is 1.21 bits per heavy atom. The third-order valence-electron chi connectivity index (χ3n) is 21.1. The van der Waals surface area contributed by atoms with Gasteiger partial charge in [0, 0.05) is 122 Å². The van der Waals surface area contributed by atoms with Crippen LogP contribution in [-0.2, 0) is 101 Å². The van der Waals surface area contributed by atoms with Gasteiger partial charge in [0.05, 0.1) is 153 Å². The van der Waals surface area contributed by atoms with Crippen LogP contribution in [-0.4, -0.2) is 265 Å². The molecule has 2 fully saturated rings. The van der Waals surface area contributed by atoms with Gasteiger partial charge in [-0.15, -0.1) is 5.10 Å². The highest BCUT2D eigenvalue weighted by molar-refractivity contribution is 6.36. The Morgan fingerprint density at radius 3 is 1.86 bits per heavy atom. The van der Waals surface area contributed by atoms with Gasteiger partial charge < -0.3 is 79.6 Å². The lowest BCUT2D eigenvalue weighted by atomic mass is 9.97. The summed E-state index contributed by atoms with van der Waals surface area (Å²) in [6.07, 6.45) is 5.48. The van der Waals surface area contributed by atoms with E-state index in [2.05, 4.69) is 47.1 Å². The van der Waals surface area contributed by atoms with Crippen molar-refractivity contribution in [2.24, 2.45) is 0 Å². The average molecular weight is 1790 g/mol. The molecule has 0 spiro atoms. The highest BCUT2D eigenvalue weighted by Gasteiger charge is 2.40. The average Bonchev–Trinajstić information content (AvgIpc) is 1.69. The van der Waals surface area contributed by atoms with Gasteiger partial charge in [-0.1, -0.05) is 84.7 Å². The number of carbonyl (C=O) groups is 7. The first-order valence-electron chi connectivity index (χ1n) is 42.6. The Bertz CT molecular complexity index is 5020. The van der Waals surface area contributed by atoms with Crippen molar-refractivity contribution in [3.8, 4) is 11.3 Å². The summed E-state index contributed by atoms with van der Waals surface area (Å²) in [4.78, 5) is 106. The van der Waals surface area contributed by atoms with Crippen LogP contribution in [0.3, 0.4) is 0 Å². The van der Waals surface area contributed by atoms with Gasteiger partial charge in [0.25, 0.3) is 5.91 Å². The van der Waals surface area contributed by atoms with Crippen molar-refractivity contribution >= 4 is 86.9 Å². The Morgan fingerprint density at radius 1 is 0.579 bits per heavy atom. The van der Waals surface area contributed by atoms with E-state index in [4.69, 9.17) is 76.3 Å². The zero-order valence-electron chi connectivity index (χ0n) is 71.5. The summed E-state index contributed by atoms with van der Waals surface area (Å²) in [6, 6.07) is 27.4. The van der Waals surface area contributed by atoms with E-state index in [1.165, 1.54) is 18.2 Å². The van der Waals surface area contributed by atoms with Crippen LogP contribution in [0.5, 0.6) is 0 Å². The number of benzene rings is 5. The van der Waals surface area contributed by atoms with Crippen LogP contribution < -0.4 is 31.9 Å². The Hall–Kier alpha value is -10.6. The number of nitrogens with zero attached hydrogens (tertiary/aromatic N) is 11. The number of hydrogen-bond acceptors (Lipinski definition) is 21. The third-order valence-corrected chi connectivity index (χ3v) is 21.8. The summed E-state index contributed by atoms with van der Waals surface area (Å²) in [5.74, 6) is -4.99. The monoisotopic (exact) mass is 1790 g/mol. The molecule has 6 heterocycles. The van der Waals surface area contributed by atoms with E-state index >= 15 is 0 Å². The zero-order chi connectivity index (χ0) is 89.2. The quantitative estimate of drug-likeness (QED) is 0.0193. The molecule has 2 aliphatic rings. The molecule has 678 valence electrons. The first-order chi connectivity index (χ1) is 61.0. The van der Waals surface area contributed by atoms with Gasteiger partial charge in [0.15, 0.2) is 17.3 Å². The lowest BCUT2D eigenvalue weighted by Gasteiger charge is -2.46. The molecule has 5 aromatic carbocycles. The number of imidazole rings is 1. The van der Waals surface area contributed by atoms with Crippen molar-refractivity contribution in [1.29, 1.82) is 0 Å². The molecule has 2 aliphatic heterocycles. The van der Waals surface area contributed by atoms with Crippen LogP contribution in [0.25, 0.3) is 27.8 Å². The van der Waals surface area contributed by atoms with E-state index in [9.17, 15) is 46.7 Å². The van der Waals surface area contributed by atoms with Crippen molar-refractivity contribution in [3.05, 3.63) is 194 Å². The zero-order valence-corrected chi connectivity index (χ0v) is 73.0. The fourth-order valence-corrected chi connectivity index (χ4v) is 14.9. The first-order valence-corrected chi connectivity index (χ1v) is 43.3. The molecule has 9 aromatic rings. The second kappa shape index (κ2) is 49.5. The first kappa shape index (κ1) is 96.1. The van der Waals surface area contributed by atoms with Gasteiger partial charge in [0.1, 0.15) is 23.6 Å². The van der Waals surface area contributed by atoms with Gasteiger partial charge in [-0.2, -0.15) is 10.2 Å². The molecule has 4 aromatic heterocycles. The minimum Gasteiger partial charge on any atom is -0.377 e. The number of rotatable bonds is 52. The molecule has 2 saturated heterocycles. The van der Waals surface area contributed by atoms with Gasteiger partial charge >= 0.3 is 6.03 Å². The van der Waals surface area contributed by atoms with Gasteiger partial charge in [-0.25, -0.2) is 32.1 Å². The van der Waals surface area contributed by atoms with Crippen LogP contribution in [0, 0.1) is 17.5 Å². The normalized spacial score (nSPS) is 14.0. The number of halogens is 5. The molecule has 0 unspecified atom stereocenters. The number of likely N-dealkylation sites (tertiary alicyclic amines) is 1. The minimum absolute atomic E-state index is 0.0180. The maximum absolute atomic E-state index is 14.7. The summed E-state index contributed by atoms with van der Waals surface area (Å²) in [5, 5.41) is 36.6. The van der Waals surface area contributed by atoms with Crippen molar-refractivity contribution < 1.29 is 84.6 Å². The molecule has 0 radical (unpaired) electrons. The van der Waals surface area contributed by atoms with Crippen molar-refractivity contribution in [3.63, 3.8) is 0 Å². The number of aryl methyl sites for hydroxylation is 1. The maximum atomic E-state index is 14.7. The standard InChI is InChI=1S/C89H112Cl2F3N17O15/c1-61(2)69-54-76(64-16-18-65(92)19-17-64)103-111-59-79(99-84(69)111)87(117)109-33-32-107(60-89(109,3)4)83(114)26-25-82(113)96-29-35-119-37-39-121-41-43-123-45-47-125-49-50-126-48-46-124-44-42-122-40-38-120-36-34-108-56-67(102-105-108)21-24-81(112)95-28-27-75(85(115)97-55-62-11-6-5-7-12-62)100-86(116)77(52-63-15-23-73(93)74(94)51-63)101-88(118)98-66-20-22-68-78(58-106-30-8-9-31-106)104-110(80(68)53-66)57-70-71(90)13-10-14-72(70)91/h5-7,10-20,22-23,51,53-54,56,59,61,75,77H,8-9,21,24-50,52,55,57-58,60H2,1-4H3,(H,95,112)(H,96,113)(H,97,115)(H,100,116)(H2,98,101,118)/t75-,77-/m0/s1. The number of carbonyl (C=O) groups excluding carboxylic acids is 7. The van der Waals surface area contributed by atoms with E-state index in [0.717, 1.165) is 65.8 Å². The predicted molar refractivity (Wildman–Crippen MR) is 465 cm³/mol. The molecule has 0 saturated carbocycles. The Kier molecular flexibility index (Phi) is 37.8. The van der Waals surface area contributed by atoms with E-state index in [1.807, 2.05) is 70.2 Å². The van der Waals surface area contributed by atoms with Crippen molar-refractivity contribution in [1.82, 2.24) is 80.7 Å². The molecular weight excluding hydrogens is 1670 g/mol. The van der Waals surface area contributed by atoms with E-state index in [0.29, 0.717) is 163 Å². The topological polar surface area (TPSA) is 354 Å². The molecule has 11 rings (SSSR count). The second-order valence-electron chi connectivity index (χ2n) is 31.4. The summed E-state index contributed by atoms with van der Waals surface area (Å²) >= 11 is 13.2. The SMILES string of the molecule is CC(C)c1cc(-c2ccc(F)cc2)nn2cc(C(=O)N3CCN(C(=O)CCC(=O)NCCOCCOCCOCCOCCOCCOCCOCCOCCn4cc(CCC(=O)NCC[C@H](NC(=O)[C@H](Cc5ccc(F)c(F)c5)NC(=O)Nc5ccc6c(CN7CCCC7)nn(Cc7c(Cl)cccc7Cl)c6c5)C(=O)NCc5ccccc5)nn4)CC3(C)C)nc12. The molecule has 126 heavy (non-hydrogen) atoms. The number of fused-ring (bicyclic) bond motifs is 2. The lowest BCUT2D eigenvalue weighted by molar-refractivity contribution is -0.137. The molecular formula is C89H112Cl2F3N17O15. The van der Waals surface area contributed by atoms with Crippen LogP contribution >= 0.6 is 23.2 Å². The number of ether oxygens (including phenoxy) is 8. The maximum Gasteiger partial charge on any atom is 0.319 e. The van der Waals surface area contributed by atoms with E-state index in [1.54, 1.807) is 78.5 Å². The summed E-state index contributed by atoms with van der Waals surface area (Å²) in [7, 11) is 0. The molecule has 0 aliphatic carbocycles. The Balaban J connectivity index is 0.485. The van der Waals surface area contributed by atoms with Gasteiger partial charge in [-0.3, -0.25) is 38.3 Å². The number of nitrogens with one attached hydrogen (secondary N) is 6.